The van der Waals surface area contributed by atoms with Gasteiger partial charge in [-0.3, -0.25) is 9.36 Å². The molecule has 6 nitrogen and oxygen atoms in total. The van der Waals surface area contributed by atoms with Gasteiger partial charge in [-0.2, -0.15) is 13.2 Å². The van der Waals surface area contributed by atoms with Gasteiger partial charge in [0.2, 0.25) is 11.7 Å². The van der Waals surface area contributed by atoms with E-state index in [2.05, 4.69) is 15.5 Å². The van der Waals surface area contributed by atoms with Crippen molar-refractivity contribution in [1.29, 1.82) is 0 Å². The number of hydrogen-bond acceptors (Lipinski definition) is 5. The smallest absolute Gasteiger partial charge is 0.416 e. The summed E-state index contributed by atoms with van der Waals surface area (Å²) in [4.78, 5) is 12.8. The first-order chi connectivity index (χ1) is 15.7. The van der Waals surface area contributed by atoms with Crippen LogP contribution in [0.25, 0.3) is 17.3 Å². The van der Waals surface area contributed by atoms with Crippen LogP contribution in [0.4, 0.5) is 18.9 Å². The lowest BCUT2D eigenvalue weighted by molar-refractivity contribution is -0.137. The van der Waals surface area contributed by atoms with Gasteiger partial charge in [-0.25, -0.2) is 0 Å². The Morgan fingerprint density at radius 1 is 1.12 bits per heavy atom. The Kier molecular flexibility index (Phi) is 6.48. The summed E-state index contributed by atoms with van der Waals surface area (Å²) in [5.74, 6) is 0.400. The summed E-state index contributed by atoms with van der Waals surface area (Å²) >= 11 is 7.09. The molecule has 0 radical (unpaired) electrons. The fraction of sp³-hybridized carbons (Fsp3) is 0.136. The van der Waals surface area contributed by atoms with Crippen molar-refractivity contribution in [3.05, 3.63) is 77.5 Å². The van der Waals surface area contributed by atoms with E-state index in [-0.39, 0.29) is 10.7 Å². The van der Waals surface area contributed by atoms with E-state index in [1.807, 2.05) is 30.3 Å². The molecular weight excluding hydrogens is 477 g/mol. The Morgan fingerprint density at radius 3 is 2.55 bits per heavy atom. The van der Waals surface area contributed by atoms with Gasteiger partial charge in [0.25, 0.3) is 0 Å². The number of aromatic nitrogens is 3. The van der Waals surface area contributed by atoms with E-state index in [0.717, 1.165) is 35.6 Å². The SMILES string of the molecule is C[C@H](Sc1nnc(-c2ccco2)n1-c1ccccc1)C(=O)Nc1cc(C(F)(F)F)ccc1Cl. The van der Waals surface area contributed by atoms with Crippen LogP contribution in [-0.2, 0) is 11.0 Å². The Morgan fingerprint density at radius 2 is 1.88 bits per heavy atom. The molecule has 1 atom stereocenters. The molecule has 0 bridgehead atoms. The van der Waals surface area contributed by atoms with Crippen LogP contribution in [0, 0.1) is 0 Å². The first kappa shape index (κ1) is 22.9. The molecule has 1 N–H and O–H groups in total. The minimum absolute atomic E-state index is 0.00103. The summed E-state index contributed by atoms with van der Waals surface area (Å²) in [5.41, 5.74) is -0.274. The highest BCUT2D eigenvalue weighted by molar-refractivity contribution is 8.00. The highest BCUT2D eigenvalue weighted by atomic mass is 35.5. The highest BCUT2D eigenvalue weighted by Gasteiger charge is 2.31. The molecule has 0 aliphatic carbocycles. The summed E-state index contributed by atoms with van der Waals surface area (Å²) in [6, 6.07) is 15.5. The van der Waals surface area contributed by atoms with E-state index in [0.29, 0.717) is 16.7 Å². The number of carbonyl (C=O) groups is 1. The van der Waals surface area contributed by atoms with Gasteiger partial charge in [0.15, 0.2) is 10.9 Å². The quantitative estimate of drug-likeness (QED) is 0.319. The van der Waals surface area contributed by atoms with Crippen LogP contribution in [0.2, 0.25) is 5.02 Å². The van der Waals surface area contributed by atoms with Gasteiger partial charge in [-0.05, 0) is 49.4 Å². The van der Waals surface area contributed by atoms with E-state index in [1.54, 1.807) is 23.6 Å². The third-order valence-electron chi connectivity index (χ3n) is 4.59. The number of para-hydroxylation sites is 1. The second-order valence-corrected chi connectivity index (χ2v) is 8.61. The van der Waals surface area contributed by atoms with Crippen LogP contribution < -0.4 is 5.32 Å². The molecule has 0 saturated heterocycles. The van der Waals surface area contributed by atoms with Crippen LogP contribution in [0.5, 0.6) is 0 Å². The number of alkyl halides is 3. The molecule has 33 heavy (non-hydrogen) atoms. The van der Waals surface area contributed by atoms with Gasteiger partial charge in [0.1, 0.15) is 0 Å². The zero-order valence-electron chi connectivity index (χ0n) is 17.0. The normalized spacial score (nSPS) is 12.5. The van der Waals surface area contributed by atoms with Crippen molar-refractivity contribution < 1.29 is 22.4 Å². The first-order valence-electron chi connectivity index (χ1n) is 9.63. The van der Waals surface area contributed by atoms with Crippen molar-refractivity contribution in [2.45, 2.75) is 23.5 Å². The summed E-state index contributed by atoms with van der Waals surface area (Å²) in [6.07, 6.45) is -3.04. The van der Waals surface area contributed by atoms with Crippen molar-refractivity contribution in [2.24, 2.45) is 0 Å². The lowest BCUT2D eigenvalue weighted by Gasteiger charge is -2.15. The average Bonchev–Trinajstić information content (AvgIpc) is 3.45. The summed E-state index contributed by atoms with van der Waals surface area (Å²) < 4.78 is 46.3. The lowest BCUT2D eigenvalue weighted by Crippen LogP contribution is -2.23. The third kappa shape index (κ3) is 5.07. The van der Waals surface area contributed by atoms with Gasteiger partial charge >= 0.3 is 6.18 Å². The average molecular weight is 493 g/mol. The number of benzene rings is 2. The Labute approximate surface area is 195 Å². The first-order valence-corrected chi connectivity index (χ1v) is 10.9. The number of amides is 1. The second kappa shape index (κ2) is 9.32. The standard InChI is InChI=1S/C22H16ClF3N4O2S/c1-13(20(31)27-17-12-14(22(24,25)26)9-10-16(17)23)33-21-29-28-19(18-8-5-11-32-18)30(21)15-6-3-2-4-7-15/h2-13H,1H3,(H,27,31)/t13-/m0/s1. The van der Waals surface area contributed by atoms with Crippen molar-refractivity contribution in [3.63, 3.8) is 0 Å². The molecule has 4 aromatic rings. The van der Waals surface area contributed by atoms with E-state index >= 15 is 0 Å². The number of anilines is 1. The maximum Gasteiger partial charge on any atom is 0.416 e. The lowest BCUT2D eigenvalue weighted by atomic mass is 10.2. The van der Waals surface area contributed by atoms with Crippen molar-refractivity contribution >= 4 is 35.0 Å². The van der Waals surface area contributed by atoms with E-state index in [1.165, 1.54) is 6.26 Å². The van der Waals surface area contributed by atoms with Crippen molar-refractivity contribution in [3.8, 4) is 17.3 Å². The number of rotatable bonds is 6. The molecule has 2 heterocycles. The van der Waals surface area contributed by atoms with E-state index < -0.39 is 22.9 Å². The number of nitrogens with one attached hydrogen (secondary N) is 1. The minimum atomic E-state index is -4.56. The highest BCUT2D eigenvalue weighted by Crippen LogP contribution is 2.35. The summed E-state index contributed by atoms with van der Waals surface area (Å²) in [5, 5.41) is 10.6. The number of nitrogens with zero attached hydrogens (tertiary/aromatic N) is 3. The van der Waals surface area contributed by atoms with Gasteiger partial charge in [0.05, 0.1) is 27.8 Å². The number of furan rings is 1. The van der Waals surface area contributed by atoms with Crippen LogP contribution in [0.1, 0.15) is 12.5 Å². The van der Waals surface area contributed by atoms with Crippen LogP contribution in [0.3, 0.4) is 0 Å². The zero-order valence-corrected chi connectivity index (χ0v) is 18.6. The minimum Gasteiger partial charge on any atom is -0.461 e. The number of halogens is 4. The molecule has 0 fully saturated rings. The van der Waals surface area contributed by atoms with Gasteiger partial charge in [0, 0.05) is 5.69 Å². The number of thioether (sulfide) groups is 1. The maximum absolute atomic E-state index is 13.0. The molecular formula is C22H16ClF3N4O2S. The Balaban J connectivity index is 1.59. The number of hydrogen-bond donors (Lipinski definition) is 1. The predicted molar refractivity (Wildman–Crippen MR) is 119 cm³/mol. The molecule has 0 aliphatic heterocycles. The fourth-order valence-electron chi connectivity index (χ4n) is 2.96. The van der Waals surface area contributed by atoms with Crippen LogP contribution in [-0.4, -0.2) is 25.9 Å². The topological polar surface area (TPSA) is 73.0 Å². The van der Waals surface area contributed by atoms with E-state index in [9.17, 15) is 18.0 Å². The molecule has 0 unspecified atom stereocenters. The molecule has 4 rings (SSSR count). The maximum atomic E-state index is 13.0. The molecule has 0 spiro atoms. The van der Waals surface area contributed by atoms with Crippen LogP contribution >= 0.6 is 23.4 Å². The third-order valence-corrected chi connectivity index (χ3v) is 5.96. The molecule has 170 valence electrons. The summed E-state index contributed by atoms with van der Waals surface area (Å²) in [6.45, 7) is 1.61. The monoisotopic (exact) mass is 492 g/mol. The predicted octanol–water partition coefficient (Wildman–Crippen LogP) is 6.32. The molecule has 0 aliphatic rings. The van der Waals surface area contributed by atoms with E-state index in [4.69, 9.17) is 16.0 Å². The van der Waals surface area contributed by atoms with Gasteiger partial charge in [-0.1, -0.05) is 41.6 Å². The van der Waals surface area contributed by atoms with Crippen molar-refractivity contribution in [2.75, 3.05) is 5.32 Å². The Hall–Kier alpha value is -3.24. The Bertz CT molecular complexity index is 1260. The second-order valence-electron chi connectivity index (χ2n) is 6.90. The van der Waals surface area contributed by atoms with Crippen molar-refractivity contribution in [1.82, 2.24) is 14.8 Å². The number of carbonyl (C=O) groups excluding carboxylic acids is 1. The largest absolute Gasteiger partial charge is 0.461 e. The molecule has 0 saturated carbocycles. The molecule has 2 aromatic heterocycles. The fourth-order valence-corrected chi connectivity index (χ4v) is 4.00. The molecule has 2 aromatic carbocycles. The van der Waals surface area contributed by atoms with Crippen LogP contribution in [0.15, 0.2) is 76.5 Å². The molecule has 11 heteroatoms. The van der Waals surface area contributed by atoms with Gasteiger partial charge in [-0.15, -0.1) is 10.2 Å². The zero-order chi connectivity index (χ0) is 23.6. The molecule has 1 amide bonds. The summed E-state index contributed by atoms with van der Waals surface area (Å²) in [7, 11) is 0. The van der Waals surface area contributed by atoms with Gasteiger partial charge < -0.3 is 9.73 Å².